The maximum atomic E-state index is 12.2. The van der Waals surface area contributed by atoms with Crippen molar-refractivity contribution >= 4 is 27.5 Å². The number of carbonyl (C=O) groups is 1. The van der Waals surface area contributed by atoms with Crippen LogP contribution in [0.1, 0.15) is 10.4 Å². The largest absolute Gasteiger partial charge is 0.350 e. The van der Waals surface area contributed by atoms with E-state index in [0.29, 0.717) is 16.8 Å². The summed E-state index contributed by atoms with van der Waals surface area (Å²) in [7, 11) is 1.58. The van der Waals surface area contributed by atoms with E-state index in [2.05, 4.69) is 10.3 Å². The predicted octanol–water partition coefficient (Wildman–Crippen LogP) is 0.587. The SMILES string of the molecule is Cn1cccc(C(=O)NCCn2cnc3ccsc3c2=O)c1=O. The van der Waals surface area contributed by atoms with Crippen molar-refractivity contribution < 1.29 is 4.79 Å². The molecule has 23 heavy (non-hydrogen) atoms. The Kier molecular flexibility index (Phi) is 4.07. The number of aryl methyl sites for hydroxylation is 1. The minimum absolute atomic E-state index is 0.0779. The Morgan fingerprint density at radius 1 is 1.30 bits per heavy atom. The number of aromatic nitrogens is 3. The van der Waals surface area contributed by atoms with Gasteiger partial charge in [0.1, 0.15) is 10.3 Å². The fourth-order valence-electron chi connectivity index (χ4n) is 2.19. The van der Waals surface area contributed by atoms with Gasteiger partial charge >= 0.3 is 0 Å². The third kappa shape index (κ3) is 2.93. The van der Waals surface area contributed by atoms with Crippen molar-refractivity contribution in [2.24, 2.45) is 7.05 Å². The maximum absolute atomic E-state index is 12.2. The van der Waals surface area contributed by atoms with Crippen molar-refractivity contribution in [2.75, 3.05) is 6.54 Å². The molecule has 0 fully saturated rings. The van der Waals surface area contributed by atoms with Crippen LogP contribution in [0.4, 0.5) is 0 Å². The zero-order valence-corrected chi connectivity index (χ0v) is 13.2. The van der Waals surface area contributed by atoms with E-state index in [-0.39, 0.29) is 23.2 Å². The van der Waals surface area contributed by atoms with Crippen molar-refractivity contribution in [2.45, 2.75) is 6.54 Å². The molecule has 0 saturated carbocycles. The number of fused-ring (bicyclic) bond motifs is 1. The molecule has 0 aromatic carbocycles. The summed E-state index contributed by atoms with van der Waals surface area (Å²) < 4.78 is 3.38. The number of hydrogen-bond donors (Lipinski definition) is 1. The molecule has 0 saturated heterocycles. The average molecular weight is 330 g/mol. The number of amides is 1. The number of hydrogen-bond acceptors (Lipinski definition) is 5. The van der Waals surface area contributed by atoms with Gasteiger partial charge in [0.2, 0.25) is 0 Å². The molecular weight excluding hydrogens is 316 g/mol. The molecule has 118 valence electrons. The van der Waals surface area contributed by atoms with Gasteiger partial charge in [0.05, 0.1) is 11.8 Å². The molecule has 3 heterocycles. The molecule has 7 nitrogen and oxygen atoms in total. The second-order valence-corrected chi connectivity index (χ2v) is 5.89. The van der Waals surface area contributed by atoms with Crippen LogP contribution in [0.5, 0.6) is 0 Å². The third-order valence-corrected chi connectivity index (χ3v) is 4.33. The fraction of sp³-hybridized carbons (Fsp3) is 0.200. The van der Waals surface area contributed by atoms with Crippen LogP contribution in [0, 0.1) is 0 Å². The van der Waals surface area contributed by atoms with Crippen molar-refractivity contribution in [3.8, 4) is 0 Å². The minimum Gasteiger partial charge on any atom is -0.350 e. The van der Waals surface area contributed by atoms with Gasteiger partial charge in [0.15, 0.2) is 0 Å². The smallest absolute Gasteiger partial charge is 0.271 e. The van der Waals surface area contributed by atoms with Crippen LogP contribution in [0.3, 0.4) is 0 Å². The van der Waals surface area contributed by atoms with E-state index in [1.165, 1.54) is 32.9 Å². The molecule has 0 aliphatic rings. The fourth-order valence-corrected chi connectivity index (χ4v) is 2.99. The van der Waals surface area contributed by atoms with E-state index in [4.69, 9.17) is 0 Å². The Morgan fingerprint density at radius 3 is 2.96 bits per heavy atom. The normalized spacial score (nSPS) is 10.8. The number of carbonyl (C=O) groups excluding carboxylic acids is 1. The molecule has 0 bridgehead atoms. The highest BCUT2D eigenvalue weighted by atomic mass is 32.1. The zero-order valence-electron chi connectivity index (χ0n) is 12.4. The predicted molar refractivity (Wildman–Crippen MR) is 87.9 cm³/mol. The minimum atomic E-state index is -0.454. The van der Waals surface area contributed by atoms with Crippen LogP contribution < -0.4 is 16.4 Å². The first-order chi connectivity index (χ1) is 11.1. The van der Waals surface area contributed by atoms with Crippen LogP contribution in [0.2, 0.25) is 0 Å². The van der Waals surface area contributed by atoms with E-state index < -0.39 is 5.91 Å². The Morgan fingerprint density at radius 2 is 2.13 bits per heavy atom. The molecule has 8 heteroatoms. The van der Waals surface area contributed by atoms with Gasteiger partial charge in [-0.05, 0) is 23.6 Å². The first-order valence-electron chi connectivity index (χ1n) is 6.94. The van der Waals surface area contributed by atoms with Gasteiger partial charge in [-0.15, -0.1) is 11.3 Å². The second kappa shape index (κ2) is 6.17. The van der Waals surface area contributed by atoms with Crippen molar-refractivity contribution in [1.29, 1.82) is 0 Å². The van der Waals surface area contributed by atoms with E-state index in [0.717, 1.165) is 0 Å². The molecule has 3 rings (SSSR count). The van der Waals surface area contributed by atoms with Crippen LogP contribution >= 0.6 is 11.3 Å². The standard InChI is InChI=1S/C15H14N4O3S/c1-18-6-2-3-10(14(18)21)13(20)16-5-7-19-9-17-11-4-8-23-12(11)15(19)22/h2-4,6,8-9H,5,7H2,1H3,(H,16,20). The molecule has 0 atom stereocenters. The molecule has 0 aliphatic heterocycles. The summed E-state index contributed by atoms with van der Waals surface area (Å²) in [6.45, 7) is 0.522. The topological polar surface area (TPSA) is 86.0 Å². The highest BCUT2D eigenvalue weighted by molar-refractivity contribution is 7.17. The van der Waals surface area contributed by atoms with Gasteiger partial charge in [0, 0.05) is 26.3 Å². The van der Waals surface area contributed by atoms with Crippen molar-refractivity contribution in [3.05, 3.63) is 62.4 Å². The van der Waals surface area contributed by atoms with E-state index in [1.807, 2.05) is 5.38 Å². The highest BCUT2D eigenvalue weighted by Crippen LogP contribution is 2.12. The number of pyridine rings is 1. The third-order valence-electron chi connectivity index (χ3n) is 3.44. The quantitative estimate of drug-likeness (QED) is 0.758. The second-order valence-electron chi connectivity index (χ2n) is 4.97. The molecule has 3 aromatic heterocycles. The first kappa shape index (κ1) is 15.2. The Hall–Kier alpha value is -2.74. The first-order valence-corrected chi connectivity index (χ1v) is 7.82. The lowest BCUT2D eigenvalue weighted by atomic mass is 10.2. The Balaban J connectivity index is 1.70. The van der Waals surface area contributed by atoms with Crippen molar-refractivity contribution in [3.63, 3.8) is 0 Å². The molecule has 0 radical (unpaired) electrons. The van der Waals surface area contributed by atoms with E-state index in [9.17, 15) is 14.4 Å². The molecule has 1 amide bonds. The summed E-state index contributed by atoms with van der Waals surface area (Å²) in [5, 5.41) is 4.46. The number of thiophene rings is 1. The Bertz CT molecular complexity index is 986. The summed E-state index contributed by atoms with van der Waals surface area (Å²) in [5.74, 6) is -0.454. The van der Waals surface area contributed by atoms with Gasteiger partial charge in [0.25, 0.3) is 17.0 Å². The van der Waals surface area contributed by atoms with Gasteiger partial charge in [-0.1, -0.05) is 0 Å². The van der Waals surface area contributed by atoms with Crippen LogP contribution in [0.15, 0.2) is 45.7 Å². The number of nitrogens with zero attached hydrogens (tertiary/aromatic N) is 3. The van der Waals surface area contributed by atoms with Crippen LogP contribution in [-0.2, 0) is 13.6 Å². The molecule has 3 aromatic rings. The monoisotopic (exact) mass is 330 g/mol. The number of nitrogens with one attached hydrogen (secondary N) is 1. The van der Waals surface area contributed by atoms with Crippen LogP contribution in [-0.4, -0.2) is 26.6 Å². The van der Waals surface area contributed by atoms with E-state index >= 15 is 0 Å². The lowest BCUT2D eigenvalue weighted by molar-refractivity contribution is 0.0950. The average Bonchev–Trinajstić information content (AvgIpc) is 3.01. The van der Waals surface area contributed by atoms with Gasteiger partial charge in [-0.3, -0.25) is 19.0 Å². The van der Waals surface area contributed by atoms with Gasteiger partial charge in [-0.25, -0.2) is 4.98 Å². The highest BCUT2D eigenvalue weighted by Gasteiger charge is 2.11. The van der Waals surface area contributed by atoms with Crippen molar-refractivity contribution in [1.82, 2.24) is 19.4 Å². The molecule has 1 N–H and O–H groups in total. The summed E-state index contributed by atoms with van der Waals surface area (Å²) in [6, 6.07) is 4.90. The molecule has 0 spiro atoms. The lowest BCUT2D eigenvalue weighted by Crippen LogP contribution is -2.35. The zero-order chi connectivity index (χ0) is 16.4. The molecule has 0 unspecified atom stereocenters. The molecule has 0 aliphatic carbocycles. The number of rotatable bonds is 4. The van der Waals surface area contributed by atoms with Gasteiger partial charge < -0.3 is 9.88 Å². The Labute approximate surface area is 134 Å². The van der Waals surface area contributed by atoms with Gasteiger partial charge in [-0.2, -0.15) is 0 Å². The maximum Gasteiger partial charge on any atom is 0.271 e. The summed E-state index contributed by atoms with van der Waals surface area (Å²) >= 11 is 1.34. The lowest BCUT2D eigenvalue weighted by Gasteiger charge is -2.07. The summed E-state index contributed by atoms with van der Waals surface area (Å²) in [5.41, 5.74) is 0.265. The summed E-state index contributed by atoms with van der Waals surface area (Å²) in [4.78, 5) is 40.3. The van der Waals surface area contributed by atoms with Crippen LogP contribution in [0.25, 0.3) is 10.2 Å². The van der Waals surface area contributed by atoms with E-state index in [1.54, 1.807) is 25.4 Å². The molecular formula is C15H14N4O3S. The summed E-state index contributed by atoms with van der Waals surface area (Å²) in [6.07, 6.45) is 3.05.